The number of ether oxygens (including phenoxy) is 2. The van der Waals surface area contributed by atoms with Crippen LogP contribution in [-0.2, 0) is 0 Å². The van der Waals surface area contributed by atoms with E-state index >= 15 is 0 Å². The molecule has 0 bridgehead atoms. The molecule has 82 valence electrons. The highest BCUT2D eigenvalue weighted by atomic mass is 35.5. The molecule has 0 radical (unpaired) electrons. The Morgan fingerprint density at radius 1 is 1.19 bits per heavy atom. The van der Waals surface area contributed by atoms with Gasteiger partial charge >= 0.3 is 6.29 Å². The van der Waals surface area contributed by atoms with Gasteiger partial charge in [0.05, 0.1) is 10.5 Å². The van der Waals surface area contributed by atoms with Crippen molar-refractivity contribution in [1.82, 2.24) is 4.98 Å². The van der Waals surface area contributed by atoms with Gasteiger partial charge < -0.3 is 9.47 Å². The highest BCUT2D eigenvalue weighted by Crippen LogP contribution is 2.43. The van der Waals surface area contributed by atoms with Gasteiger partial charge in [0.1, 0.15) is 0 Å². The van der Waals surface area contributed by atoms with Crippen molar-refractivity contribution >= 4 is 22.5 Å². The molecule has 0 atom stereocenters. The Hall–Kier alpha value is -1.62. The third-order valence-corrected chi connectivity index (χ3v) is 2.54. The quantitative estimate of drug-likeness (QED) is 0.712. The molecular formula is C10H4ClF2NO2. The minimum Gasteiger partial charge on any atom is -0.395 e. The van der Waals surface area contributed by atoms with Crippen LogP contribution in [-0.4, -0.2) is 11.3 Å². The fourth-order valence-corrected chi connectivity index (χ4v) is 1.76. The second-order valence-electron chi connectivity index (χ2n) is 3.28. The van der Waals surface area contributed by atoms with Crippen LogP contribution in [0.5, 0.6) is 11.5 Å². The number of alkyl halides is 2. The van der Waals surface area contributed by atoms with E-state index < -0.39 is 6.29 Å². The van der Waals surface area contributed by atoms with Crippen molar-refractivity contribution in [3.8, 4) is 11.5 Å². The molecule has 1 aromatic heterocycles. The van der Waals surface area contributed by atoms with Gasteiger partial charge in [-0.05, 0) is 12.1 Å². The van der Waals surface area contributed by atoms with Crippen molar-refractivity contribution < 1.29 is 18.3 Å². The molecule has 3 nitrogen and oxygen atoms in total. The summed E-state index contributed by atoms with van der Waals surface area (Å²) in [5.74, 6) is -0.0698. The zero-order valence-corrected chi connectivity index (χ0v) is 8.46. The van der Waals surface area contributed by atoms with E-state index in [9.17, 15) is 8.78 Å². The molecule has 1 aliphatic heterocycles. The molecule has 2 heterocycles. The highest BCUT2D eigenvalue weighted by Gasteiger charge is 2.43. The minimum absolute atomic E-state index is 0.0348. The summed E-state index contributed by atoms with van der Waals surface area (Å²) in [6.45, 7) is 0. The number of nitrogens with zero attached hydrogens (tertiary/aromatic N) is 1. The number of hydrogen-bond donors (Lipinski definition) is 0. The van der Waals surface area contributed by atoms with E-state index in [2.05, 4.69) is 14.5 Å². The topological polar surface area (TPSA) is 31.4 Å². The van der Waals surface area contributed by atoms with Crippen LogP contribution in [0.15, 0.2) is 24.4 Å². The second-order valence-corrected chi connectivity index (χ2v) is 3.68. The van der Waals surface area contributed by atoms with Gasteiger partial charge in [0, 0.05) is 17.6 Å². The molecule has 0 spiro atoms. The Morgan fingerprint density at radius 2 is 1.88 bits per heavy atom. The maximum atomic E-state index is 12.8. The predicted molar refractivity (Wildman–Crippen MR) is 53.0 cm³/mol. The van der Waals surface area contributed by atoms with E-state index in [1.165, 1.54) is 18.3 Å². The molecule has 6 heteroatoms. The van der Waals surface area contributed by atoms with Crippen molar-refractivity contribution in [2.45, 2.75) is 6.29 Å². The van der Waals surface area contributed by atoms with Gasteiger partial charge in [-0.1, -0.05) is 11.6 Å². The van der Waals surface area contributed by atoms with Gasteiger partial charge in [0.25, 0.3) is 0 Å². The van der Waals surface area contributed by atoms with Crippen molar-refractivity contribution in [1.29, 1.82) is 0 Å². The largest absolute Gasteiger partial charge is 0.586 e. The first kappa shape index (κ1) is 9.59. The average Bonchev–Trinajstić information content (AvgIpc) is 2.48. The molecule has 0 aliphatic carbocycles. The Balaban J connectivity index is 2.26. The maximum Gasteiger partial charge on any atom is 0.586 e. The Labute approximate surface area is 93.6 Å². The zero-order valence-electron chi connectivity index (χ0n) is 7.71. The van der Waals surface area contributed by atoms with E-state index in [1.54, 1.807) is 6.07 Å². The molecular weight excluding hydrogens is 240 g/mol. The molecule has 16 heavy (non-hydrogen) atoms. The lowest BCUT2D eigenvalue weighted by Crippen LogP contribution is -2.25. The highest BCUT2D eigenvalue weighted by molar-refractivity contribution is 6.35. The zero-order chi connectivity index (χ0) is 11.3. The van der Waals surface area contributed by atoms with Gasteiger partial charge in [0.2, 0.25) is 0 Å². The van der Waals surface area contributed by atoms with Gasteiger partial charge in [-0.15, -0.1) is 8.78 Å². The summed E-state index contributed by atoms with van der Waals surface area (Å²) in [4.78, 5) is 4.00. The number of fused-ring (bicyclic) bond motifs is 2. The SMILES string of the molecule is FC1(F)Oc2cc3nccc(Cl)c3cc2O1. The monoisotopic (exact) mass is 243 g/mol. The average molecular weight is 244 g/mol. The molecule has 1 aliphatic rings. The lowest BCUT2D eigenvalue weighted by atomic mass is 10.2. The maximum absolute atomic E-state index is 12.8. The number of pyridine rings is 1. The molecule has 0 saturated carbocycles. The van der Waals surface area contributed by atoms with E-state index in [4.69, 9.17) is 11.6 Å². The summed E-state index contributed by atoms with van der Waals surface area (Å²) in [5.41, 5.74) is 0.479. The molecule has 0 amide bonds. The van der Waals surface area contributed by atoms with Crippen LogP contribution < -0.4 is 9.47 Å². The van der Waals surface area contributed by atoms with Crippen LogP contribution in [0.3, 0.4) is 0 Å². The Bertz CT molecular complexity index is 588. The molecule has 0 fully saturated rings. The van der Waals surface area contributed by atoms with Crippen molar-refractivity contribution in [3.63, 3.8) is 0 Å². The fourth-order valence-electron chi connectivity index (χ4n) is 1.56. The van der Waals surface area contributed by atoms with Crippen LogP contribution in [0.25, 0.3) is 10.9 Å². The number of aromatic nitrogens is 1. The fraction of sp³-hybridized carbons (Fsp3) is 0.100. The van der Waals surface area contributed by atoms with Crippen molar-refractivity contribution in [2.75, 3.05) is 0 Å². The molecule has 0 N–H and O–H groups in total. The summed E-state index contributed by atoms with van der Waals surface area (Å²) < 4.78 is 34.2. The van der Waals surface area contributed by atoms with E-state index in [0.717, 1.165) is 0 Å². The van der Waals surface area contributed by atoms with Gasteiger partial charge in [-0.2, -0.15) is 0 Å². The Kier molecular flexibility index (Phi) is 1.77. The molecule has 3 rings (SSSR count). The first-order valence-corrected chi connectivity index (χ1v) is 4.77. The minimum atomic E-state index is -3.62. The third kappa shape index (κ3) is 1.36. The van der Waals surface area contributed by atoms with E-state index in [-0.39, 0.29) is 11.5 Å². The lowest BCUT2D eigenvalue weighted by Gasteiger charge is -2.04. The lowest BCUT2D eigenvalue weighted by molar-refractivity contribution is -0.286. The van der Waals surface area contributed by atoms with Crippen LogP contribution in [0.2, 0.25) is 5.02 Å². The first-order chi connectivity index (χ1) is 7.55. The number of hydrogen-bond acceptors (Lipinski definition) is 3. The number of halogens is 3. The second kappa shape index (κ2) is 2.95. The molecule has 0 unspecified atom stereocenters. The molecule has 1 aromatic carbocycles. The standard InChI is InChI=1S/C10H4ClF2NO2/c11-6-1-2-14-7-4-9-8(3-5(6)7)15-10(12,13)16-9/h1-4H. The third-order valence-electron chi connectivity index (χ3n) is 2.21. The first-order valence-electron chi connectivity index (χ1n) is 4.39. The summed E-state index contributed by atoms with van der Waals surface area (Å²) in [6, 6.07) is 4.34. The van der Waals surface area contributed by atoms with Crippen molar-refractivity contribution in [2.24, 2.45) is 0 Å². The van der Waals surface area contributed by atoms with Crippen LogP contribution >= 0.6 is 11.6 Å². The normalized spacial score (nSPS) is 16.7. The number of benzene rings is 1. The van der Waals surface area contributed by atoms with Gasteiger partial charge in [0.15, 0.2) is 11.5 Å². The van der Waals surface area contributed by atoms with Crippen LogP contribution in [0.1, 0.15) is 0 Å². The summed E-state index contributed by atoms with van der Waals surface area (Å²) >= 11 is 5.91. The summed E-state index contributed by atoms with van der Waals surface area (Å²) in [7, 11) is 0. The number of rotatable bonds is 0. The van der Waals surface area contributed by atoms with Crippen LogP contribution in [0.4, 0.5) is 8.78 Å². The van der Waals surface area contributed by atoms with E-state index in [1.807, 2.05) is 0 Å². The Morgan fingerprint density at radius 3 is 2.62 bits per heavy atom. The van der Waals surface area contributed by atoms with Crippen molar-refractivity contribution in [3.05, 3.63) is 29.4 Å². The predicted octanol–water partition coefficient (Wildman–Crippen LogP) is 3.21. The van der Waals surface area contributed by atoms with Gasteiger partial charge in [-0.3, -0.25) is 4.98 Å². The van der Waals surface area contributed by atoms with Crippen LogP contribution in [0, 0.1) is 0 Å². The van der Waals surface area contributed by atoms with Gasteiger partial charge in [-0.25, -0.2) is 0 Å². The summed E-state index contributed by atoms with van der Waals surface area (Å²) in [5, 5.41) is 0.968. The molecule has 2 aromatic rings. The smallest absolute Gasteiger partial charge is 0.395 e. The molecule has 0 saturated heterocycles. The summed E-state index contributed by atoms with van der Waals surface area (Å²) in [6.07, 6.45) is -2.13. The van der Waals surface area contributed by atoms with E-state index in [0.29, 0.717) is 15.9 Å².